The Bertz CT molecular complexity index is 1960. The van der Waals surface area contributed by atoms with E-state index in [4.69, 9.17) is 14.5 Å². The Kier molecular flexibility index (Phi) is 15.0. The van der Waals surface area contributed by atoms with E-state index in [1.807, 2.05) is 4.98 Å². The number of nitrogens with zero attached hydrogens (tertiary/aromatic N) is 3. The van der Waals surface area contributed by atoms with Crippen LogP contribution in [0.25, 0.3) is 6.08 Å². The predicted molar refractivity (Wildman–Crippen MR) is 176 cm³/mol. The molecule has 26 nitrogen and oxygen atoms in total. The minimum absolute atomic E-state index is 0.0628. The lowest BCUT2D eigenvalue weighted by molar-refractivity contribution is -0.393. The summed E-state index contributed by atoms with van der Waals surface area (Å²) in [6, 6.07) is 3.22. The van der Waals surface area contributed by atoms with Crippen molar-refractivity contribution in [1.82, 2.24) is 14.9 Å². The molecule has 6 atom stereocenters. The molecule has 0 bridgehead atoms. The highest BCUT2D eigenvalue weighted by molar-refractivity contribution is 7.66. The highest BCUT2D eigenvalue weighted by Crippen LogP contribution is 2.66. The number of nitrogens with one attached hydrogen (secondary N) is 3. The fourth-order valence-corrected chi connectivity index (χ4v) is 7.60. The number of phosphoric ester groups is 1. The zero-order valence-electron chi connectivity index (χ0n) is 26.8. The van der Waals surface area contributed by atoms with Gasteiger partial charge in [-0.3, -0.25) is 43.9 Å². The molecule has 2 aromatic rings. The molecular weight excluding hydrogens is 785 g/mol. The van der Waals surface area contributed by atoms with E-state index in [-0.39, 0.29) is 30.1 Å². The molecule has 0 saturated carbocycles. The molecule has 2 heterocycles. The van der Waals surface area contributed by atoms with E-state index < -0.39 is 87.1 Å². The highest BCUT2D eigenvalue weighted by Gasteiger charge is 2.47. The number of benzene rings is 1. The van der Waals surface area contributed by atoms with E-state index in [1.54, 1.807) is 0 Å². The number of aliphatic hydroxyl groups excluding tert-OH is 2. The summed E-state index contributed by atoms with van der Waals surface area (Å²) in [5.41, 5.74) is -2.94. The van der Waals surface area contributed by atoms with Crippen LogP contribution in [0.4, 0.5) is 17.1 Å². The molecule has 1 aliphatic heterocycles. The van der Waals surface area contributed by atoms with Crippen molar-refractivity contribution in [2.45, 2.75) is 50.2 Å². The summed E-state index contributed by atoms with van der Waals surface area (Å²) in [4.78, 5) is 95.6. The van der Waals surface area contributed by atoms with Gasteiger partial charge in [-0.05, 0) is 18.9 Å². The van der Waals surface area contributed by atoms with Crippen molar-refractivity contribution >= 4 is 52.5 Å². The number of rotatable bonds is 20. The number of nitro groups is 2. The van der Waals surface area contributed by atoms with E-state index in [9.17, 15) is 68.3 Å². The lowest BCUT2D eigenvalue weighted by Gasteiger charge is -2.19. The van der Waals surface area contributed by atoms with Gasteiger partial charge >= 0.3 is 29.2 Å². The zero-order chi connectivity index (χ0) is 39.7. The molecule has 294 valence electrons. The maximum Gasteiger partial charge on any atom is 0.490 e. The number of phosphoric acid groups is 3. The average molecular weight is 818 g/mol. The van der Waals surface area contributed by atoms with Crippen molar-refractivity contribution in [3.63, 3.8) is 0 Å². The van der Waals surface area contributed by atoms with E-state index >= 15 is 0 Å². The summed E-state index contributed by atoms with van der Waals surface area (Å²) in [5, 5.41) is 48.3. The number of non-ortho nitro benzene ring substituents is 1. The van der Waals surface area contributed by atoms with Crippen LogP contribution in [-0.4, -0.2) is 93.1 Å². The van der Waals surface area contributed by atoms with Crippen LogP contribution in [-0.2, 0) is 36.4 Å². The number of nitro benzene ring substituents is 2. The van der Waals surface area contributed by atoms with Crippen LogP contribution in [0, 0.1) is 20.2 Å². The number of amides is 1. The number of carbonyl (C=O) groups is 1. The maximum atomic E-state index is 12.5. The topological polar surface area (TPSA) is 392 Å². The molecule has 0 aliphatic carbocycles. The highest BCUT2D eigenvalue weighted by atomic mass is 31.3. The molecule has 53 heavy (non-hydrogen) atoms. The number of anilines is 1. The Labute approximate surface area is 295 Å². The lowest BCUT2D eigenvalue weighted by atomic mass is 10.1. The van der Waals surface area contributed by atoms with Crippen molar-refractivity contribution in [2.24, 2.45) is 0 Å². The minimum Gasteiger partial charge on any atom is -0.387 e. The molecule has 2 unspecified atom stereocenters. The van der Waals surface area contributed by atoms with Gasteiger partial charge in [0, 0.05) is 31.8 Å². The van der Waals surface area contributed by atoms with Crippen LogP contribution in [0.1, 0.15) is 37.5 Å². The quantitative estimate of drug-likeness (QED) is 0.0370. The van der Waals surface area contributed by atoms with E-state index in [1.165, 1.54) is 18.2 Å². The monoisotopic (exact) mass is 818 g/mol. The number of aliphatic hydroxyl groups is 2. The third-order valence-electron chi connectivity index (χ3n) is 6.92. The molecule has 9 N–H and O–H groups in total. The molecular formula is C24H33N6O20P3. The van der Waals surface area contributed by atoms with Crippen LogP contribution < -0.4 is 21.9 Å². The van der Waals surface area contributed by atoms with Crippen LogP contribution in [0.15, 0.2) is 40.1 Å². The van der Waals surface area contributed by atoms with Gasteiger partial charge in [0.2, 0.25) is 5.91 Å². The van der Waals surface area contributed by atoms with Crippen molar-refractivity contribution in [3.05, 3.63) is 77.1 Å². The van der Waals surface area contributed by atoms with Crippen molar-refractivity contribution < 1.29 is 76.0 Å². The summed E-state index contributed by atoms with van der Waals surface area (Å²) in [6.07, 6.45) is -2.15. The Balaban J connectivity index is 1.48. The predicted octanol–water partition coefficient (Wildman–Crippen LogP) is 0.117. The molecule has 29 heteroatoms. The molecule has 1 aromatic heterocycles. The normalized spacial score (nSPS) is 21.2. The molecule has 1 saturated heterocycles. The van der Waals surface area contributed by atoms with Crippen molar-refractivity contribution in [3.8, 4) is 0 Å². The molecule has 0 radical (unpaired) electrons. The summed E-state index contributed by atoms with van der Waals surface area (Å²) >= 11 is 0. The first-order chi connectivity index (χ1) is 24.6. The third kappa shape index (κ3) is 13.4. The van der Waals surface area contributed by atoms with Gasteiger partial charge in [-0.1, -0.05) is 18.6 Å². The smallest absolute Gasteiger partial charge is 0.387 e. The summed E-state index contributed by atoms with van der Waals surface area (Å²) in [5.74, 6) is -0.355. The van der Waals surface area contributed by atoms with Gasteiger partial charge in [-0.2, -0.15) is 8.62 Å². The van der Waals surface area contributed by atoms with Crippen LogP contribution in [0.2, 0.25) is 0 Å². The number of ether oxygens (including phenoxy) is 1. The minimum atomic E-state index is -5.84. The Morgan fingerprint density at radius 2 is 1.70 bits per heavy atom. The first-order valence-electron chi connectivity index (χ1n) is 14.8. The van der Waals surface area contributed by atoms with E-state index in [2.05, 4.69) is 23.8 Å². The summed E-state index contributed by atoms with van der Waals surface area (Å²) in [7, 11) is -17.1. The van der Waals surface area contributed by atoms with Gasteiger partial charge in [0.15, 0.2) is 6.23 Å². The number of hydrogen-bond acceptors (Lipinski definition) is 17. The number of H-pyrrole nitrogens is 1. The van der Waals surface area contributed by atoms with Gasteiger partial charge in [-0.15, -0.1) is 0 Å². The molecule has 1 amide bonds. The molecule has 1 aliphatic rings. The van der Waals surface area contributed by atoms with Gasteiger partial charge in [0.25, 0.3) is 16.9 Å². The Morgan fingerprint density at radius 1 is 1.00 bits per heavy atom. The van der Waals surface area contributed by atoms with Crippen LogP contribution in [0.3, 0.4) is 0 Å². The number of aromatic nitrogens is 2. The van der Waals surface area contributed by atoms with E-state index in [0.717, 1.165) is 18.3 Å². The molecule has 1 aromatic carbocycles. The first kappa shape index (κ1) is 43.4. The van der Waals surface area contributed by atoms with Crippen molar-refractivity contribution in [1.29, 1.82) is 0 Å². The fraction of sp³-hybridized carbons (Fsp3) is 0.458. The molecule has 0 spiro atoms. The van der Waals surface area contributed by atoms with Crippen LogP contribution >= 0.6 is 23.5 Å². The largest absolute Gasteiger partial charge is 0.490 e. The number of aromatic amines is 1. The average Bonchev–Trinajstić information content (AvgIpc) is 3.31. The maximum absolute atomic E-state index is 12.5. The van der Waals surface area contributed by atoms with Gasteiger partial charge in [0.05, 0.1) is 28.1 Å². The fourth-order valence-electron chi connectivity index (χ4n) is 4.57. The Hall–Kier alpha value is -4.00. The standard InChI is InChI=1S/C24H33N6O20P3/c31-19(6-2-1-3-9-25-16-8-7-15(29(36)37)11-17(16)30(38)39)26-10-4-5-14-12-28(24(35)27-22(14)34)23-21(33)20(32)18(48-23)13-47-52(43,44)50-53(45,46)49-51(40,41)42/h4-5,7-8,11-12,18,20-21,23,25,32-33H,1-3,6,9-10,13H2,(H,26,31)(H,43,44)(H,45,46)(H,27,34,35)(H2,40,41,42)/b5-4+/t18-,20-,21-,23-/m1/s1. The summed E-state index contributed by atoms with van der Waals surface area (Å²) < 4.78 is 51.7. The Morgan fingerprint density at radius 3 is 2.34 bits per heavy atom. The second-order valence-corrected chi connectivity index (χ2v) is 15.3. The zero-order valence-corrected chi connectivity index (χ0v) is 29.5. The van der Waals surface area contributed by atoms with Gasteiger partial charge < -0.3 is 45.2 Å². The SMILES string of the molecule is O=C(CCCCCNc1ccc([N+](=O)[O-])cc1[N+](=O)[O-])NC/C=C/c1cn([C@@H]2O[C@H](COP(=O)(O)OP(=O)(O)OP(=O)(O)O)[C@@H](O)[C@H]2O)c(=O)[nH]c1=O. The second kappa shape index (κ2) is 18.4. The second-order valence-electron chi connectivity index (χ2n) is 10.8. The van der Waals surface area contributed by atoms with E-state index in [0.29, 0.717) is 30.4 Å². The first-order valence-corrected chi connectivity index (χ1v) is 19.4. The lowest BCUT2D eigenvalue weighted by Crippen LogP contribution is -2.38. The van der Waals surface area contributed by atoms with Crippen LogP contribution in [0.5, 0.6) is 0 Å². The number of unbranched alkanes of at least 4 members (excludes halogenated alkanes) is 2. The number of hydrogen-bond donors (Lipinski definition) is 9. The molecule has 1 fully saturated rings. The summed E-state index contributed by atoms with van der Waals surface area (Å²) in [6.45, 7) is -0.913. The molecule has 3 rings (SSSR count). The van der Waals surface area contributed by atoms with Gasteiger partial charge in [0.1, 0.15) is 24.0 Å². The van der Waals surface area contributed by atoms with Crippen molar-refractivity contribution in [2.75, 3.05) is 25.0 Å². The number of carbonyl (C=O) groups excluding carboxylic acids is 1. The third-order valence-corrected chi connectivity index (χ3v) is 10.7. The van der Waals surface area contributed by atoms with Gasteiger partial charge in [-0.25, -0.2) is 18.5 Å².